The molecule has 50 valence electrons. The minimum absolute atomic E-state index is 0.646. The Labute approximate surface area is 57.7 Å². The number of hydrogen-bond donors (Lipinski definition) is 2. The largest absolute Gasteiger partial charge is 0.389 e. The van der Waals surface area contributed by atoms with Crippen LogP contribution < -0.4 is 11.5 Å². The molecule has 3 nitrogen and oxygen atoms in total. The lowest BCUT2D eigenvalue weighted by atomic mass is 10.5. The van der Waals surface area contributed by atoms with E-state index in [1.807, 2.05) is 0 Å². The summed E-state index contributed by atoms with van der Waals surface area (Å²) in [7, 11) is 0. The second-order valence-electron chi connectivity index (χ2n) is 1.70. The lowest BCUT2D eigenvalue weighted by molar-refractivity contribution is 0.953. The Morgan fingerprint density at radius 3 is 2.89 bits per heavy atom. The van der Waals surface area contributed by atoms with Crippen molar-refractivity contribution >= 4 is 16.3 Å². The number of nitrogens with two attached hydrogens (primary N) is 2. The van der Waals surface area contributed by atoms with Gasteiger partial charge in [0, 0.05) is 6.42 Å². The fourth-order valence-corrected chi connectivity index (χ4v) is 1.27. The van der Waals surface area contributed by atoms with E-state index in [1.165, 1.54) is 11.3 Å². The molecule has 0 aliphatic heterocycles. The molecule has 0 saturated heterocycles. The standard InChI is InChI=1S/C5H9N3S/c6-2-1-5-8-3-4(7)9-5/h3H,1-2,6-7H2. The Morgan fingerprint density at radius 2 is 2.44 bits per heavy atom. The van der Waals surface area contributed by atoms with Crippen molar-refractivity contribution in [2.75, 3.05) is 12.3 Å². The Morgan fingerprint density at radius 1 is 1.67 bits per heavy atom. The van der Waals surface area contributed by atoms with E-state index in [-0.39, 0.29) is 0 Å². The van der Waals surface area contributed by atoms with Gasteiger partial charge in [0.2, 0.25) is 0 Å². The van der Waals surface area contributed by atoms with Gasteiger partial charge in [-0.3, -0.25) is 0 Å². The normalized spacial score (nSPS) is 9.89. The Hall–Kier alpha value is -0.610. The summed E-state index contributed by atoms with van der Waals surface area (Å²) in [5.74, 6) is 0. The smallest absolute Gasteiger partial charge is 0.106 e. The molecule has 0 aromatic carbocycles. The van der Waals surface area contributed by atoms with Crippen molar-refractivity contribution in [1.82, 2.24) is 4.98 Å². The molecule has 0 radical (unpaired) electrons. The molecule has 1 aromatic heterocycles. The van der Waals surface area contributed by atoms with Crippen LogP contribution in [0.5, 0.6) is 0 Å². The topological polar surface area (TPSA) is 64.9 Å². The quantitative estimate of drug-likeness (QED) is 0.622. The lowest BCUT2D eigenvalue weighted by Crippen LogP contribution is -2.01. The maximum atomic E-state index is 5.42. The third-order valence-corrected chi connectivity index (χ3v) is 1.82. The number of anilines is 1. The number of thiazole rings is 1. The molecule has 4 heteroatoms. The predicted molar refractivity (Wildman–Crippen MR) is 39.3 cm³/mol. The summed E-state index contributed by atoms with van der Waals surface area (Å²) in [5, 5.41) is 1.79. The molecule has 1 aromatic rings. The molecule has 0 fully saturated rings. The van der Waals surface area contributed by atoms with Crippen molar-refractivity contribution in [2.24, 2.45) is 5.73 Å². The van der Waals surface area contributed by atoms with E-state index in [0.717, 1.165) is 16.4 Å². The van der Waals surface area contributed by atoms with Crippen LogP contribution in [-0.2, 0) is 6.42 Å². The minimum atomic E-state index is 0.646. The molecule has 0 amide bonds. The SMILES string of the molecule is NCCc1ncc(N)s1. The van der Waals surface area contributed by atoms with Crippen LogP contribution in [0.1, 0.15) is 5.01 Å². The molecule has 0 unspecified atom stereocenters. The van der Waals surface area contributed by atoms with Gasteiger partial charge in [-0.05, 0) is 6.54 Å². The van der Waals surface area contributed by atoms with Crippen LogP contribution in [0.4, 0.5) is 5.00 Å². The molecule has 0 spiro atoms. The third kappa shape index (κ3) is 1.65. The molecular formula is C5H9N3S. The first-order valence-corrected chi connectivity index (χ1v) is 3.55. The maximum absolute atomic E-state index is 5.42. The molecule has 0 aliphatic rings. The first-order valence-electron chi connectivity index (χ1n) is 2.73. The first-order chi connectivity index (χ1) is 4.33. The summed E-state index contributed by atoms with van der Waals surface area (Å²) in [6, 6.07) is 0. The van der Waals surface area contributed by atoms with Gasteiger partial charge in [0.05, 0.1) is 11.2 Å². The minimum Gasteiger partial charge on any atom is -0.389 e. The summed E-state index contributed by atoms with van der Waals surface area (Å²) in [6.07, 6.45) is 2.50. The summed E-state index contributed by atoms with van der Waals surface area (Å²) < 4.78 is 0. The maximum Gasteiger partial charge on any atom is 0.106 e. The molecule has 0 bridgehead atoms. The van der Waals surface area contributed by atoms with E-state index < -0.39 is 0 Å². The van der Waals surface area contributed by atoms with Crippen molar-refractivity contribution < 1.29 is 0 Å². The lowest BCUT2D eigenvalue weighted by Gasteiger charge is -1.85. The van der Waals surface area contributed by atoms with Gasteiger partial charge >= 0.3 is 0 Å². The monoisotopic (exact) mass is 143 g/mol. The molecule has 0 saturated carbocycles. The van der Waals surface area contributed by atoms with Gasteiger partial charge in [-0.15, -0.1) is 11.3 Å². The van der Waals surface area contributed by atoms with Gasteiger partial charge < -0.3 is 11.5 Å². The van der Waals surface area contributed by atoms with Gasteiger partial charge in [-0.2, -0.15) is 0 Å². The summed E-state index contributed by atoms with van der Waals surface area (Å²) in [4.78, 5) is 4.02. The van der Waals surface area contributed by atoms with Crippen molar-refractivity contribution in [3.8, 4) is 0 Å². The van der Waals surface area contributed by atoms with Crippen molar-refractivity contribution in [2.45, 2.75) is 6.42 Å². The molecule has 0 aliphatic carbocycles. The second-order valence-corrected chi connectivity index (χ2v) is 2.84. The molecule has 0 atom stereocenters. The van der Waals surface area contributed by atoms with Crippen LogP contribution in [-0.4, -0.2) is 11.5 Å². The van der Waals surface area contributed by atoms with Crippen LogP contribution in [0.25, 0.3) is 0 Å². The molecule has 4 N–H and O–H groups in total. The van der Waals surface area contributed by atoms with Gasteiger partial charge in [0.25, 0.3) is 0 Å². The van der Waals surface area contributed by atoms with Gasteiger partial charge in [-0.25, -0.2) is 4.98 Å². The van der Waals surface area contributed by atoms with Crippen LogP contribution in [0.2, 0.25) is 0 Å². The van der Waals surface area contributed by atoms with E-state index in [9.17, 15) is 0 Å². The van der Waals surface area contributed by atoms with Gasteiger partial charge in [-0.1, -0.05) is 0 Å². The highest BCUT2D eigenvalue weighted by Crippen LogP contribution is 2.13. The summed E-state index contributed by atoms with van der Waals surface area (Å²) in [5.41, 5.74) is 10.7. The molecule has 1 rings (SSSR count). The Balaban J connectivity index is 2.61. The summed E-state index contributed by atoms with van der Waals surface area (Å²) >= 11 is 1.50. The fourth-order valence-electron chi connectivity index (χ4n) is 0.563. The zero-order valence-corrected chi connectivity index (χ0v) is 5.82. The highest BCUT2D eigenvalue weighted by Gasteiger charge is 1.94. The average molecular weight is 143 g/mol. The number of aromatic nitrogens is 1. The second kappa shape index (κ2) is 2.80. The van der Waals surface area contributed by atoms with E-state index in [2.05, 4.69) is 4.98 Å². The molecule has 9 heavy (non-hydrogen) atoms. The predicted octanol–water partition coefficient (Wildman–Crippen LogP) is 0.226. The highest BCUT2D eigenvalue weighted by molar-refractivity contribution is 7.15. The number of nitrogens with zero attached hydrogens (tertiary/aromatic N) is 1. The fraction of sp³-hybridized carbons (Fsp3) is 0.400. The Kier molecular flexibility index (Phi) is 2.02. The van der Waals surface area contributed by atoms with E-state index in [1.54, 1.807) is 6.20 Å². The third-order valence-electron chi connectivity index (χ3n) is 0.930. The number of hydrogen-bond acceptors (Lipinski definition) is 4. The first kappa shape index (κ1) is 6.51. The highest BCUT2D eigenvalue weighted by atomic mass is 32.1. The number of rotatable bonds is 2. The zero-order valence-electron chi connectivity index (χ0n) is 5.00. The van der Waals surface area contributed by atoms with Crippen LogP contribution in [0.3, 0.4) is 0 Å². The van der Waals surface area contributed by atoms with Crippen LogP contribution >= 0.6 is 11.3 Å². The Bertz CT molecular complexity index is 184. The van der Waals surface area contributed by atoms with Crippen molar-refractivity contribution in [3.05, 3.63) is 11.2 Å². The van der Waals surface area contributed by atoms with Crippen molar-refractivity contribution in [3.63, 3.8) is 0 Å². The van der Waals surface area contributed by atoms with E-state index >= 15 is 0 Å². The zero-order chi connectivity index (χ0) is 6.69. The van der Waals surface area contributed by atoms with Gasteiger partial charge in [0.1, 0.15) is 5.00 Å². The number of nitrogen functional groups attached to an aromatic ring is 1. The van der Waals surface area contributed by atoms with Crippen LogP contribution in [0.15, 0.2) is 6.20 Å². The van der Waals surface area contributed by atoms with Crippen LogP contribution in [0, 0.1) is 0 Å². The summed E-state index contributed by atoms with van der Waals surface area (Å²) in [6.45, 7) is 0.646. The van der Waals surface area contributed by atoms with E-state index in [0.29, 0.717) is 6.54 Å². The van der Waals surface area contributed by atoms with Crippen molar-refractivity contribution in [1.29, 1.82) is 0 Å². The van der Waals surface area contributed by atoms with Gasteiger partial charge in [0.15, 0.2) is 0 Å². The molecule has 1 heterocycles. The molecular weight excluding hydrogens is 134 g/mol. The van der Waals surface area contributed by atoms with E-state index in [4.69, 9.17) is 11.5 Å². The average Bonchev–Trinajstić information content (AvgIpc) is 2.17.